The molecule has 1 aromatic carbocycles. The minimum Gasteiger partial charge on any atom is -0.300 e. The third-order valence-corrected chi connectivity index (χ3v) is 3.71. The first-order chi connectivity index (χ1) is 8.09. The van der Waals surface area contributed by atoms with Crippen LogP contribution < -0.4 is 0 Å². The van der Waals surface area contributed by atoms with E-state index in [0.717, 1.165) is 5.92 Å². The smallest absolute Gasteiger partial charge is 0.0108 e. The van der Waals surface area contributed by atoms with Gasteiger partial charge in [0.2, 0.25) is 0 Å². The van der Waals surface area contributed by atoms with Gasteiger partial charge in [-0.25, -0.2) is 0 Å². The van der Waals surface area contributed by atoms with Gasteiger partial charge in [0.25, 0.3) is 0 Å². The molecule has 0 saturated carbocycles. The zero-order valence-corrected chi connectivity index (χ0v) is 12.3. The average Bonchev–Trinajstić information content (AvgIpc) is 2.28. The Hall–Kier alpha value is -0.470. The Morgan fingerprint density at radius 2 is 1.71 bits per heavy atom. The van der Waals surface area contributed by atoms with Gasteiger partial charge in [-0.1, -0.05) is 32.0 Å². The van der Waals surface area contributed by atoms with E-state index in [2.05, 4.69) is 62.9 Å². The topological polar surface area (TPSA) is 3.24 Å². The zero-order valence-electron chi connectivity index (χ0n) is 11.5. The van der Waals surface area contributed by atoms with Gasteiger partial charge in [0.05, 0.1) is 0 Å². The lowest BCUT2D eigenvalue weighted by molar-refractivity contribution is 0.210. The molecule has 17 heavy (non-hydrogen) atoms. The van der Waals surface area contributed by atoms with Crippen LogP contribution in [-0.2, 0) is 0 Å². The molecule has 96 valence electrons. The van der Waals surface area contributed by atoms with E-state index in [1.165, 1.54) is 23.7 Å². The zero-order chi connectivity index (χ0) is 12.7. The minimum absolute atomic E-state index is 0.647. The minimum atomic E-state index is 0.647. The Labute approximate surface area is 111 Å². The van der Waals surface area contributed by atoms with Crippen molar-refractivity contribution in [1.82, 2.24) is 4.90 Å². The molecule has 0 heterocycles. The van der Waals surface area contributed by atoms with Crippen molar-refractivity contribution in [3.8, 4) is 0 Å². The number of benzene rings is 1. The summed E-state index contributed by atoms with van der Waals surface area (Å²) in [5, 5.41) is 0. The van der Waals surface area contributed by atoms with Crippen molar-refractivity contribution in [2.24, 2.45) is 5.92 Å². The largest absolute Gasteiger partial charge is 0.300 e. The summed E-state index contributed by atoms with van der Waals surface area (Å²) >= 11 is 1.95. The number of thioether (sulfide) groups is 1. The molecule has 0 spiro atoms. The summed E-state index contributed by atoms with van der Waals surface area (Å²) in [6.45, 7) is 11.5. The van der Waals surface area contributed by atoms with Crippen LogP contribution in [0.1, 0.15) is 27.7 Å². The van der Waals surface area contributed by atoms with Crippen LogP contribution in [0, 0.1) is 5.92 Å². The van der Waals surface area contributed by atoms with E-state index >= 15 is 0 Å². The van der Waals surface area contributed by atoms with Gasteiger partial charge < -0.3 is 0 Å². The van der Waals surface area contributed by atoms with Crippen molar-refractivity contribution in [3.05, 3.63) is 30.3 Å². The van der Waals surface area contributed by atoms with Crippen molar-refractivity contribution in [2.45, 2.75) is 38.6 Å². The van der Waals surface area contributed by atoms with E-state index in [9.17, 15) is 0 Å². The third-order valence-electron chi connectivity index (χ3n) is 2.72. The highest BCUT2D eigenvalue weighted by molar-refractivity contribution is 7.99. The predicted molar refractivity (Wildman–Crippen MR) is 78.7 cm³/mol. The second kappa shape index (κ2) is 7.78. The number of hydrogen-bond donors (Lipinski definition) is 0. The molecule has 0 aliphatic rings. The van der Waals surface area contributed by atoms with Gasteiger partial charge in [-0.15, -0.1) is 11.8 Å². The molecular weight excluding hydrogens is 226 g/mol. The molecule has 1 rings (SSSR count). The molecule has 0 bridgehead atoms. The summed E-state index contributed by atoms with van der Waals surface area (Å²) in [4.78, 5) is 3.95. The summed E-state index contributed by atoms with van der Waals surface area (Å²) in [5.74, 6) is 1.92. The van der Waals surface area contributed by atoms with Gasteiger partial charge in [-0.3, -0.25) is 4.90 Å². The maximum absolute atomic E-state index is 2.57. The Bertz CT molecular complexity index is 295. The maximum Gasteiger partial charge on any atom is 0.0108 e. The monoisotopic (exact) mass is 251 g/mol. The quantitative estimate of drug-likeness (QED) is 0.670. The molecule has 0 aliphatic carbocycles. The number of hydrogen-bond acceptors (Lipinski definition) is 2. The summed E-state index contributed by atoms with van der Waals surface area (Å²) in [6.07, 6.45) is 0. The molecule has 2 heteroatoms. The maximum atomic E-state index is 2.57. The standard InChI is InChI=1S/C15H25NS/c1-13(2)12-16(14(3)4)10-11-17-15-8-6-5-7-9-15/h5-9,13-14H,10-12H2,1-4H3. The Kier molecular flexibility index (Phi) is 6.68. The number of nitrogens with zero attached hydrogens (tertiary/aromatic N) is 1. The van der Waals surface area contributed by atoms with Crippen LogP contribution in [0.25, 0.3) is 0 Å². The van der Waals surface area contributed by atoms with Gasteiger partial charge in [0, 0.05) is 29.8 Å². The molecule has 1 aromatic rings. The van der Waals surface area contributed by atoms with Gasteiger partial charge >= 0.3 is 0 Å². The summed E-state index contributed by atoms with van der Waals surface area (Å²) in [5.41, 5.74) is 0. The van der Waals surface area contributed by atoms with Gasteiger partial charge in [-0.05, 0) is 31.9 Å². The Morgan fingerprint density at radius 1 is 1.06 bits per heavy atom. The molecule has 1 nitrogen and oxygen atoms in total. The Morgan fingerprint density at radius 3 is 2.24 bits per heavy atom. The first kappa shape index (κ1) is 14.6. The van der Waals surface area contributed by atoms with Crippen molar-refractivity contribution in [1.29, 1.82) is 0 Å². The average molecular weight is 251 g/mol. The predicted octanol–water partition coefficient (Wildman–Crippen LogP) is 4.15. The highest BCUT2D eigenvalue weighted by Crippen LogP contribution is 2.17. The highest BCUT2D eigenvalue weighted by atomic mass is 32.2. The second-order valence-corrected chi connectivity index (χ2v) is 6.31. The second-order valence-electron chi connectivity index (χ2n) is 5.14. The van der Waals surface area contributed by atoms with E-state index in [1.807, 2.05) is 11.8 Å². The molecule has 0 N–H and O–H groups in total. The molecule has 0 unspecified atom stereocenters. The van der Waals surface area contributed by atoms with E-state index in [-0.39, 0.29) is 0 Å². The fourth-order valence-corrected chi connectivity index (χ4v) is 2.74. The van der Waals surface area contributed by atoms with Crippen LogP contribution in [0.15, 0.2) is 35.2 Å². The molecule has 0 radical (unpaired) electrons. The first-order valence-electron chi connectivity index (χ1n) is 6.51. The SMILES string of the molecule is CC(C)CN(CCSc1ccccc1)C(C)C. The fourth-order valence-electron chi connectivity index (χ4n) is 1.83. The summed E-state index contributed by atoms with van der Waals surface area (Å²) in [7, 11) is 0. The molecule has 0 amide bonds. The van der Waals surface area contributed by atoms with E-state index in [4.69, 9.17) is 0 Å². The molecule has 0 saturated heterocycles. The normalized spacial score (nSPS) is 11.7. The van der Waals surface area contributed by atoms with Crippen molar-refractivity contribution >= 4 is 11.8 Å². The Balaban J connectivity index is 2.32. The van der Waals surface area contributed by atoms with Gasteiger partial charge in [0.15, 0.2) is 0 Å². The van der Waals surface area contributed by atoms with E-state index in [0.29, 0.717) is 6.04 Å². The van der Waals surface area contributed by atoms with Crippen LogP contribution in [0.4, 0.5) is 0 Å². The molecule has 0 aromatic heterocycles. The molecule has 0 aliphatic heterocycles. The molecule has 0 atom stereocenters. The lowest BCUT2D eigenvalue weighted by atomic mass is 10.2. The number of rotatable bonds is 7. The van der Waals surface area contributed by atoms with Crippen LogP contribution in [0.3, 0.4) is 0 Å². The fraction of sp³-hybridized carbons (Fsp3) is 0.600. The molecule has 0 fully saturated rings. The van der Waals surface area contributed by atoms with Crippen LogP contribution in [0.5, 0.6) is 0 Å². The van der Waals surface area contributed by atoms with Crippen molar-refractivity contribution < 1.29 is 0 Å². The lowest BCUT2D eigenvalue weighted by Crippen LogP contribution is -2.35. The first-order valence-corrected chi connectivity index (χ1v) is 7.50. The van der Waals surface area contributed by atoms with Crippen molar-refractivity contribution in [2.75, 3.05) is 18.8 Å². The van der Waals surface area contributed by atoms with Crippen LogP contribution >= 0.6 is 11.8 Å². The molecular formula is C15H25NS. The van der Waals surface area contributed by atoms with Crippen LogP contribution in [0.2, 0.25) is 0 Å². The van der Waals surface area contributed by atoms with Crippen molar-refractivity contribution in [3.63, 3.8) is 0 Å². The van der Waals surface area contributed by atoms with Gasteiger partial charge in [-0.2, -0.15) is 0 Å². The highest BCUT2D eigenvalue weighted by Gasteiger charge is 2.10. The third kappa shape index (κ3) is 6.13. The van der Waals surface area contributed by atoms with Crippen LogP contribution in [-0.4, -0.2) is 29.8 Å². The van der Waals surface area contributed by atoms with E-state index in [1.54, 1.807) is 0 Å². The summed E-state index contributed by atoms with van der Waals surface area (Å²) < 4.78 is 0. The summed E-state index contributed by atoms with van der Waals surface area (Å²) in [6, 6.07) is 11.3. The lowest BCUT2D eigenvalue weighted by Gasteiger charge is -2.28. The van der Waals surface area contributed by atoms with Gasteiger partial charge in [0.1, 0.15) is 0 Å². The van der Waals surface area contributed by atoms with E-state index < -0.39 is 0 Å².